The van der Waals surface area contributed by atoms with Gasteiger partial charge in [-0.1, -0.05) is 0 Å². The molecule has 1 saturated heterocycles. The molecule has 10 heteroatoms. The normalized spacial score (nSPS) is 17.2. The van der Waals surface area contributed by atoms with Crippen LogP contribution in [0.3, 0.4) is 0 Å². The maximum absolute atomic E-state index is 10.6. The smallest absolute Gasteiger partial charge is 0.475 e. The second-order valence-electron chi connectivity index (χ2n) is 3.94. The first kappa shape index (κ1) is 15.9. The molecule has 1 aromatic rings. The average molecular weight is 346 g/mol. The van der Waals surface area contributed by atoms with E-state index in [1.54, 1.807) is 0 Å². The highest BCUT2D eigenvalue weighted by molar-refractivity contribution is 9.10. The van der Waals surface area contributed by atoms with Crippen LogP contribution in [0, 0.1) is 0 Å². The Labute approximate surface area is 114 Å². The zero-order chi connectivity index (χ0) is 14.8. The fourth-order valence-corrected chi connectivity index (χ4v) is 1.86. The number of β-amino-alcohol motifs (C(OH)–C–C–N with tert-alkyl or cyclic N) is 1. The van der Waals surface area contributed by atoms with E-state index in [0.717, 1.165) is 4.60 Å². The van der Waals surface area contributed by atoms with Crippen LogP contribution in [-0.2, 0) is 17.4 Å². The highest BCUT2D eigenvalue weighted by atomic mass is 79.9. The number of nitrogens with one attached hydrogen (secondary N) is 1. The first-order valence-electron chi connectivity index (χ1n) is 4.99. The molecule has 0 spiro atoms. The van der Waals surface area contributed by atoms with Gasteiger partial charge in [-0.15, -0.1) is 0 Å². The third-order valence-electron chi connectivity index (χ3n) is 2.34. The molecule has 108 valence electrons. The second kappa shape index (κ2) is 5.47. The summed E-state index contributed by atoms with van der Waals surface area (Å²) < 4.78 is 34.3. The molecule has 1 aliphatic rings. The predicted molar refractivity (Wildman–Crippen MR) is 61.4 cm³/mol. The van der Waals surface area contributed by atoms with Gasteiger partial charge in [0.05, 0.1) is 0 Å². The van der Waals surface area contributed by atoms with Crippen molar-refractivity contribution in [3.8, 4) is 0 Å². The van der Waals surface area contributed by atoms with E-state index in [1.165, 1.54) is 0 Å². The highest BCUT2D eigenvalue weighted by Crippen LogP contribution is 2.25. The molecule has 0 saturated carbocycles. The first-order valence-corrected chi connectivity index (χ1v) is 5.78. The maximum Gasteiger partial charge on any atom is 0.490 e. The van der Waals surface area contributed by atoms with Crippen molar-refractivity contribution in [2.45, 2.75) is 11.8 Å². The molecule has 2 rings (SSSR count). The van der Waals surface area contributed by atoms with Gasteiger partial charge in [0, 0.05) is 26.3 Å². The number of hydrogen-bond acceptors (Lipinski definition) is 4. The van der Waals surface area contributed by atoms with E-state index in [4.69, 9.17) is 9.90 Å². The number of rotatable bonds is 1. The SMILES string of the molecule is Cn1cc(Br)nc1C1(O)CNC1.O=C(O)C(F)(F)F. The van der Waals surface area contributed by atoms with Crippen LogP contribution in [0.15, 0.2) is 10.8 Å². The molecule has 1 aromatic heterocycles. The van der Waals surface area contributed by atoms with Crippen LogP contribution in [0.25, 0.3) is 0 Å². The van der Waals surface area contributed by atoms with Crippen molar-refractivity contribution in [1.82, 2.24) is 14.9 Å². The van der Waals surface area contributed by atoms with E-state index >= 15 is 0 Å². The number of halogens is 4. The summed E-state index contributed by atoms with van der Waals surface area (Å²) in [6.07, 6.45) is -3.24. The Kier molecular flexibility index (Phi) is 4.59. The number of aliphatic carboxylic acids is 1. The Bertz CT molecular complexity index is 471. The number of carbonyl (C=O) groups is 1. The van der Waals surface area contributed by atoms with Gasteiger partial charge in [-0.25, -0.2) is 9.78 Å². The first-order chi connectivity index (χ1) is 8.56. The van der Waals surface area contributed by atoms with E-state index < -0.39 is 17.7 Å². The van der Waals surface area contributed by atoms with Gasteiger partial charge in [-0.3, -0.25) is 0 Å². The molecule has 1 aliphatic heterocycles. The Balaban J connectivity index is 0.000000224. The van der Waals surface area contributed by atoms with Crippen molar-refractivity contribution in [3.63, 3.8) is 0 Å². The molecular weight excluding hydrogens is 335 g/mol. The summed E-state index contributed by atoms with van der Waals surface area (Å²) in [5.74, 6) is -2.04. The minimum absolute atomic E-state index is 0.588. The lowest BCUT2D eigenvalue weighted by molar-refractivity contribution is -0.192. The Morgan fingerprint density at radius 1 is 1.58 bits per heavy atom. The minimum Gasteiger partial charge on any atom is -0.475 e. The van der Waals surface area contributed by atoms with Gasteiger partial charge in [0.25, 0.3) is 0 Å². The summed E-state index contributed by atoms with van der Waals surface area (Å²) in [7, 11) is 1.88. The standard InChI is InChI=1S/C7H10BrN3O.C2HF3O2/c1-11-2-5(8)10-6(11)7(12)3-9-4-7;3-2(4,5)1(6)7/h2,9,12H,3-4H2,1H3;(H,6,7). The number of hydrogen-bond donors (Lipinski definition) is 3. The summed E-state index contributed by atoms with van der Waals surface area (Å²) in [5, 5.41) is 20.1. The van der Waals surface area contributed by atoms with Gasteiger partial charge in [0.1, 0.15) is 16.0 Å². The molecule has 0 bridgehead atoms. The zero-order valence-corrected chi connectivity index (χ0v) is 11.3. The van der Waals surface area contributed by atoms with Gasteiger partial charge in [0.15, 0.2) is 0 Å². The summed E-state index contributed by atoms with van der Waals surface area (Å²) in [4.78, 5) is 13.1. The van der Waals surface area contributed by atoms with Gasteiger partial charge < -0.3 is 20.1 Å². The lowest BCUT2D eigenvalue weighted by Crippen LogP contribution is -2.57. The number of nitrogens with zero attached hydrogens (tertiary/aromatic N) is 2. The highest BCUT2D eigenvalue weighted by Gasteiger charge is 2.40. The van der Waals surface area contributed by atoms with Crippen LogP contribution < -0.4 is 5.32 Å². The number of imidazole rings is 1. The van der Waals surface area contributed by atoms with E-state index in [1.807, 2.05) is 17.8 Å². The van der Waals surface area contributed by atoms with Crippen LogP contribution in [0.5, 0.6) is 0 Å². The molecule has 0 aromatic carbocycles. The fourth-order valence-electron chi connectivity index (χ4n) is 1.38. The van der Waals surface area contributed by atoms with Crippen LogP contribution in [0.1, 0.15) is 5.82 Å². The number of alkyl halides is 3. The van der Waals surface area contributed by atoms with Crippen molar-refractivity contribution < 1.29 is 28.2 Å². The zero-order valence-electron chi connectivity index (χ0n) is 9.70. The molecule has 6 nitrogen and oxygen atoms in total. The lowest BCUT2D eigenvalue weighted by Gasteiger charge is -2.36. The van der Waals surface area contributed by atoms with Crippen molar-refractivity contribution in [2.75, 3.05) is 13.1 Å². The second-order valence-corrected chi connectivity index (χ2v) is 4.75. The van der Waals surface area contributed by atoms with Crippen molar-refractivity contribution in [2.24, 2.45) is 7.05 Å². The third-order valence-corrected chi connectivity index (χ3v) is 2.72. The van der Waals surface area contributed by atoms with E-state index in [9.17, 15) is 18.3 Å². The lowest BCUT2D eigenvalue weighted by atomic mass is 9.96. The Hall–Kier alpha value is -1.13. The van der Waals surface area contributed by atoms with E-state index in [0.29, 0.717) is 18.9 Å². The monoisotopic (exact) mass is 345 g/mol. The van der Waals surface area contributed by atoms with Crippen LogP contribution in [0.2, 0.25) is 0 Å². The van der Waals surface area contributed by atoms with Gasteiger partial charge in [-0.2, -0.15) is 13.2 Å². The Morgan fingerprint density at radius 3 is 2.26 bits per heavy atom. The number of carboxylic acid groups (broad SMARTS) is 1. The molecule has 19 heavy (non-hydrogen) atoms. The summed E-state index contributed by atoms with van der Waals surface area (Å²) in [6.45, 7) is 1.18. The molecule has 0 unspecified atom stereocenters. The summed E-state index contributed by atoms with van der Waals surface area (Å²) >= 11 is 3.27. The molecule has 0 amide bonds. The fraction of sp³-hybridized carbons (Fsp3) is 0.556. The Morgan fingerprint density at radius 2 is 2.05 bits per heavy atom. The quantitative estimate of drug-likeness (QED) is 0.694. The molecule has 1 fully saturated rings. The molecule has 0 aliphatic carbocycles. The van der Waals surface area contributed by atoms with Crippen LogP contribution in [-0.4, -0.2) is 45.0 Å². The van der Waals surface area contributed by atoms with Gasteiger partial charge in [0.2, 0.25) is 0 Å². The number of aromatic nitrogens is 2. The molecule has 0 radical (unpaired) electrons. The van der Waals surface area contributed by atoms with Gasteiger partial charge in [-0.05, 0) is 15.9 Å². The van der Waals surface area contributed by atoms with Gasteiger partial charge >= 0.3 is 12.1 Å². The number of aryl methyl sites for hydroxylation is 1. The van der Waals surface area contributed by atoms with Crippen molar-refractivity contribution >= 4 is 21.9 Å². The van der Waals surface area contributed by atoms with Crippen LogP contribution >= 0.6 is 15.9 Å². The average Bonchev–Trinajstić information content (AvgIpc) is 2.54. The largest absolute Gasteiger partial charge is 0.490 e. The summed E-state index contributed by atoms with van der Waals surface area (Å²) in [6, 6.07) is 0. The number of aliphatic hydroxyl groups is 1. The van der Waals surface area contributed by atoms with Crippen LogP contribution in [0.4, 0.5) is 13.2 Å². The molecule has 0 atom stereocenters. The van der Waals surface area contributed by atoms with Crippen molar-refractivity contribution in [3.05, 3.63) is 16.6 Å². The maximum atomic E-state index is 10.6. The topological polar surface area (TPSA) is 87.4 Å². The molecule has 3 N–H and O–H groups in total. The molecular formula is C9H11BrF3N3O3. The minimum atomic E-state index is -5.08. The molecule has 2 heterocycles. The van der Waals surface area contributed by atoms with E-state index in [2.05, 4.69) is 26.2 Å². The van der Waals surface area contributed by atoms with E-state index in [-0.39, 0.29) is 0 Å². The third kappa shape index (κ3) is 3.91. The summed E-state index contributed by atoms with van der Waals surface area (Å²) in [5.41, 5.74) is -0.763. The number of carboxylic acids is 1. The van der Waals surface area contributed by atoms with Crippen molar-refractivity contribution in [1.29, 1.82) is 0 Å². The predicted octanol–water partition coefficient (Wildman–Crippen LogP) is 0.607.